The van der Waals surface area contributed by atoms with Gasteiger partial charge >= 0.3 is 6.09 Å². The number of likely N-dealkylation sites (tertiary alicyclic amines) is 1. The smallest absolute Gasteiger partial charge is 0.410 e. The van der Waals surface area contributed by atoms with Crippen LogP contribution in [0.2, 0.25) is 0 Å². The fourth-order valence-electron chi connectivity index (χ4n) is 4.15. The SMILES string of the molecule is CC(C)(C)ONC1CCN(c2ncc(OCC3CCN(C(=O)OCc4ccccc4)CC3)cn2)C1. The van der Waals surface area contributed by atoms with Crippen LogP contribution < -0.4 is 15.1 Å². The molecule has 35 heavy (non-hydrogen) atoms. The molecule has 1 N–H and O–H groups in total. The minimum absolute atomic E-state index is 0.217. The number of amides is 1. The molecule has 190 valence electrons. The van der Waals surface area contributed by atoms with Crippen LogP contribution in [0, 0.1) is 5.92 Å². The maximum atomic E-state index is 12.3. The number of rotatable bonds is 8. The summed E-state index contributed by atoms with van der Waals surface area (Å²) in [6.07, 6.45) is 5.99. The lowest BCUT2D eigenvalue weighted by molar-refractivity contribution is -0.0853. The minimum Gasteiger partial charge on any atom is -0.490 e. The van der Waals surface area contributed by atoms with Crippen molar-refractivity contribution in [2.45, 2.75) is 58.3 Å². The number of carbonyl (C=O) groups is 1. The lowest BCUT2D eigenvalue weighted by Gasteiger charge is -2.31. The van der Waals surface area contributed by atoms with Gasteiger partial charge in [-0.25, -0.2) is 14.8 Å². The normalized spacial score (nSPS) is 19.1. The van der Waals surface area contributed by atoms with Gasteiger partial charge in [0.2, 0.25) is 5.95 Å². The Morgan fingerprint density at radius 1 is 1.06 bits per heavy atom. The minimum atomic E-state index is -0.249. The number of carbonyl (C=O) groups excluding carboxylic acids is 1. The van der Waals surface area contributed by atoms with Crippen molar-refractivity contribution in [3.05, 3.63) is 48.3 Å². The number of nitrogens with zero attached hydrogens (tertiary/aromatic N) is 4. The molecule has 2 aromatic rings. The Morgan fingerprint density at radius 2 is 1.77 bits per heavy atom. The Kier molecular flexibility index (Phi) is 8.41. The highest BCUT2D eigenvalue weighted by Crippen LogP contribution is 2.22. The first-order chi connectivity index (χ1) is 16.9. The second-order valence-electron chi connectivity index (χ2n) is 10.3. The van der Waals surface area contributed by atoms with Gasteiger partial charge in [0.1, 0.15) is 6.61 Å². The molecule has 9 heteroatoms. The van der Waals surface area contributed by atoms with E-state index in [2.05, 4.69) is 20.3 Å². The molecular weight excluding hydrogens is 446 g/mol. The first-order valence-corrected chi connectivity index (χ1v) is 12.4. The maximum Gasteiger partial charge on any atom is 0.410 e. The van der Waals surface area contributed by atoms with Crippen LogP contribution >= 0.6 is 0 Å². The molecule has 2 aliphatic heterocycles. The summed E-state index contributed by atoms with van der Waals surface area (Å²) < 4.78 is 11.4. The molecule has 2 aliphatic rings. The summed E-state index contributed by atoms with van der Waals surface area (Å²) in [6, 6.07) is 10.00. The molecule has 0 aliphatic carbocycles. The second kappa shape index (κ2) is 11.7. The molecule has 0 saturated carbocycles. The van der Waals surface area contributed by atoms with Crippen LogP contribution in [0.4, 0.5) is 10.7 Å². The van der Waals surface area contributed by atoms with Crippen LogP contribution in [-0.4, -0.2) is 65.4 Å². The Bertz CT molecular complexity index is 927. The molecule has 1 atom stereocenters. The van der Waals surface area contributed by atoms with Gasteiger partial charge in [-0.2, -0.15) is 5.48 Å². The predicted molar refractivity (Wildman–Crippen MR) is 133 cm³/mol. The number of hydrogen-bond donors (Lipinski definition) is 1. The summed E-state index contributed by atoms with van der Waals surface area (Å²) in [5.41, 5.74) is 3.94. The highest BCUT2D eigenvalue weighted by molar-refractivity contribution is 5.67. The third-order valence-electron chi connectivity index (χ3n) is 6.18. The number of piperidine rings is 1. The van der Waals surface area contributed by atoms with E-state index < -0.39 is 0 Å². The maximum absolute atomic E-state index is 12.3. The van der Waals surface area contributed by atoms with E-state index >= 15 is 0 Å². The zero-order valence-corrected chi connectivity index (χ0v) is 21.0. The van der Waals surface area contributed by atoms with E-state index in [9.17, 15) is 4.79 Å². The molecule has 0 bridgehead atoms. The van der Waals surface area contributed by atoms with E-state index in [1.165, 1.54) is 0 Å². The fourth-order valence-corrected chi connectivity index (χ4v) is 4.15. The van der Waals surface area contributed by atoms with Crippen molar-refractivity contribution in [3.63, 3.8) is 0 Å². The summed E-state index contributed by atoms with van der Waals surface area (Å²) in [6.45, 7) is 10.0. The van der Waals surface area contributed by atoms with E-state index in [0.29, 0.717) is 43.9 Å². The van der Waals surface area contributed by atoms with Crippen LogP contribution in [0.15, 0.2) is 42.7 Å². The first-order valence-electron chi connectivity index (χ1n) is 12.4. The molecule has 2 fully saturated rings. The van der Waals surface area contributed by atoms with E-state index in [1.807, 2.05) is 51.1 Å². The standard InChI is InChI=1S/C26H37N5O4/c1-26(2,3)35-29-22-11-14-31(17-22)24-27-15-23(16-28-24)33-18-21-9-12-30(13-10-21)25(32)34-19-20-7-5-4-6-8-20/h4-8,15-16,21-22,29H,9-14,17-19H2,1-3H3. The number of nitrogens with one attached hydrogen (secondary N) is 1. The van der Waals surface area contributed by atoms with E-state index in [4.69, 9.17) is 14.3 Å². The highest BCUT2D eigenvalue weighted by atomic mass is 16.7. The van der Waals surface area contributed by atoms with Crippen molar-refractivity contribution >= 4 is 12.0 Å². The summed E-state index contributed by atoms with van der Waals surface area (Å²) >= 11 is 0. The fraction of sp³-hybridized carbons (Fsp3) is 0.577. The molecule has 2 saturated heterocycles. The van der Waals surface area contributed by atoms with Gasteiger partial charge in [0.05, 0.1) is 30.6 Å². The van der Waals surface area contributed by atoms with Crippen LogP contribution in [0.3, 0.4) is 0 Å². The van der Waals surface area contributed by atoms with Gasteiger partial charge in [0, 0.05) is 26.2 Å². The average molecular weight is 484 g/mol. The van der Waals surface area contributed by atoms with Crippen LogP contribution in [0.5, 0.6) is 5.75 Å². The lowest BCUT2D eigenvalue weighted by Crippen LogP contribution is -2.40. The van der Waals surface area contributed by atoms with Crippen LogP contribution in [-0.2, 0) is 16.2 Å². The molecule has 3 heterocycles. The molecule has 4 rings (SSSR count). The monoisotopic (exact) mass is 483 g/mol. The van der Waals surface area contributed by atoms with E-state index in [0.717, 1.165) is 37.9 Å². The summed E-state index contributed by atoms with van der Waals surface area (Å²) in [4.78, 5) is 31.0. The molecule has 0 radical (unpaired) electrons. The number of hydroxylamine groups is 1. The van der Waals surface area contributed by atoms with E-state index in [1.54, 1.807) is 17.3 Å². The molecule has 0 spiro atoms. The zero-order valence-electron chi connectivity index (χ0n) is 21.0. The number of anilines is 1. The second-order valence-corrected chi connectivity index (χ2v) is 10.3. The van der Waals surface area contributed by atoms with Gasteiger partial charge < -0.3 is 19.3 Å². The topological polar surface area (TPSA) is 89.1 Å². The van der Waals surface area contributed by atoms with E-state index in [-0.39, 0.29) is 17.7 Å². The molecule has 1 unspecified atom stereocenters. The van der Waals surface area contributed by atoms with Crippen molar-refractivity contribution < 1.29 is 19.1 Å². The predicted octanol–water partition coefficient (Wildman–Crippen LogP) is 3.80. The lowest BCUT2D eigenvalue weighted by atomic mass is 9.98. The Balaban J connectivity index is 1.14. The molecule has 9 nitrogen and oxygen atoms in total. The van der Waals surface area contributed by atoms with Gasteiger partial charge in [-0.3, -0.25) is 4.84 Å². The van der Waals surface area contributed by atoms with Gasteiger partial charge in [-0.15, -0.1) is 0 Å². The first kappa shape index (κ1) is 25.2. The zero-order chi connectivity index (χ0) is 24.7. The van der Waals surface area contributed by atoms with Gasteiger partial charge in [0.15, 0.2) is 5.75 Å². The van der Waals surface area contributed by atoms with Gasteiger partial charge in [-0.1, -0.05) is 30.3 Å². The van der Waals surface area contributed by atoms with Crippen molar-refractivity contribution in [3.8, 4) is 5.75 Å². The van der Waals surface area contributed by atoms with Gasteiger partial charge in [0.25, 0.3) is 0 Å². The number of aromatic nitrogens is 2. The molecule has 1 aromatic heterocycles. The summed E-state index contributed by atoms with van der Waals surface area (Å²) in [5, 5.41) is 0. The third-order valence-corrected chi connectivity index (χ3v) is 6.18. The average Bonchev–Trinajstić information content (AvgIpc) is 3.35. The summed E-state index contributed by atoms with van der Waals surface area (Å²) in [5.74, 6) is 1.77. The van der Waals surface area contributed by atoms with Crippen molar-refractivity contribution in [1.82, 2.24) is 20.3 Å². The summed E-state index contributed by atoms with van der Waals surface area (Å²) in [7, 11) is 0. The van der Waals surface area contributed by atoms with Crippen molar-refractivity contribution in [2.24, 2.45) is 5.92 Å². The van der Waals surface area contributed by atoms with Crippen LogP contribution in [0.25, 0.3) is 0 Å². The number of ether oxygens (including phenoxy) is 2. The molecule has 1 aromatic carbocycles. The van der Waals surface area contributed by atoms with Crippen molar-refractivity contribution in [1.29, 1.82) is 0 Å². The Hall–Kier alpha value is -2.91. The van der Waals surface area contributed by atoms with Crippen LogP contribution in [0.1, 0.15) is 45.6 Å². The largest absolute Gasteiger partial charge is 0.490 e. The number of benzene rings is 1. The Labute approximate surface area is 207 Å². The van der Waals surface area contributed by atoms with Gasteiger partial charge in [-0.05, 0) is 51.5 Å². The quantitative estimate of drug-likeness (QED) is 0.567. The highest BCUT2D eigenvalue weighted by Gasteiger charge is 2.27. The molecule has 1 amide bonds. The van der Waals surface area contributed by atoms with Crippen molar-refractivity contribution in [2.75, 3.05) is 37.7 Å². The number of hydrogen-bond acceptors (Lipinski definition) is 8. The molecular formula is C26H37N5O4. The Morgan fingerprint density at radius 3 is 2.46 bits per heavy atom. The third kappa shape index (κ3) is 7.80.